The molecule has 0 amide bonds. The van der Waals surface area contributed by atoms with Gasteiger partial charge < -0.3 is 15.2 Å². The van der Waals surface area contributed by atoms with Gasteiger partial charge in [-0.05, 0) is 73.3 Å². The number of ether oxygens (including phenoxy) is 1. The van der Waals surface area contributed by atoms with Crippen LogP contribution in [-0.2, 0) is 19.3 Å². The lowest BCUT2D eigenvalue weighted by Crippen LogP contribution is -2.35. The molecule has 0 bridgehead atoms. The van der Waals surface area contributed by atoms with Crippen molar-refractivity contribution >= 4 is 0 Å². The van der Waals surface area contributed by atoms with Crippen LogP contribution in [0.3, 0.4) is 0 Å². The number of fused-ring (bicyclic) bond motifs is 2. The van der Waals surface area contributed by atoms with Crippen molar-refractivity contribution < 1.29 is 9.84 Å². The summed E-state index contributed by atoms with van der Waals surface area (Å²) in [5, 5.41) is 14.0. The molecule has 138 valence electrons. The predicted molar refractivity (Wildman–Crippen MR) is 105 cm³/mol. The fourth-order valence-electron chi connectivity index (χ4n) is 4.37. The van der Waals surface area contributed by atoms with Crippen molar-refractivity contribution in [3.8, 4) is 5.75 Å². The van der Waals surface area contributed by atoms with Gasteiger partial charge in [-0.3, -0.25) is 0 Å². The van der Waals surface area contributed by atoms with Gasteiger partial charge in [-0.1, -0.05) is 36.4 Å². The van der Waals surface area contributed by atoms with Gasteiger partial charge in [0.15, 0.2) is 0 Å². The highest BCUT2D eigenvalue weighted by Crippen LogP contribution is 2.30. The van der Waals surface area contributed by atoms with Crippen molar-refractivity contribution in [2.24, 2.45) is 0 Å². The number of rotatable bonds is 6. The minimum Gasteiger partial charge on any atom is -0.491 e. The van der Waals surface area contributed by atoms with E-state index in [2.05, 4.69) is 41.7 Å². The van der Waals surface area contributed by atoms with Gasteiger partial charge in [0.1, 0.15) is 18.5 Å². The van der Waals surface area contributed by atoms with E-state index in [1.54, 1.807) is 0 Å². The molecule has 26 heavy (non-hydrogen) atoms. The molecule has 3 heteroatoms. The van der Waals surface area contributed by atoms with Crippen molar-refractivity contribution in [2.75, 3.05) is 13.2 Å². The van der Waals surface area contributed by atoms with Crippen LogP contribution in [0, 0.1) is 0 Å². The summed E-state index contributed by atoms with van der Waals surface area (Å²) in [6, 6.07) is 15.3. The Morgan fingerprint density at radius 1 is 0.962 bits per heavy atom. The van der Waals surface area contributed by atoms with Crippen LogP contribution in [0.5, 0.6) is 5.75 Å². The molecule has 2 aliphatic rings. The Morgan fingerprint density at radius 2 is 1.77 bits per heavy atom. The minimum atomic E-state index is -0.497. The Morgan fingerprint density at radius 3 is 2.73 bits per heavy atom. The normalized spacial score (nSPS) is 20.1. The molecule has 3 nitrogen and oxygen atoms in total. The summed E-state index contributed by atoms with van der Waals surface area (Å²) in [4.78, 5) is 0. The Balaban J connectivity index is 1.31. The maximum atomic E-state index is 10.4. The Labute approximate surface area is 156 Å². The number of aliphatic hydroxyl groups excluding tert-OH is 1. The predicted octanol–water partition coefficient (Wildman–Crippen LogP) is 3.97. The van der Waals surface area contributed by atoms with E-state index in [1.807, 2.05) is 6.07 Å². The quantitative estimate of drug-likeness (QED) is 0.827. The number of hydrogen-bond acceptors (Lipinski definition) is 3. The molecular formula is C23H29NO2. The molecule has 0 saturated heterocycles. The summed E-state index contributed by atoms with van der Waals surface area (Å²) in [7, 11) is 0. The fourth-order valence-corrected chi connectivity index (χ4v) is 4.37. The summed E-state index contributed by atoms with van der Waals surface area (Å²) < 4.78 is 5.99. The topological polar surface area (TPSA) is 41.5 Å². The largest absolute Gasteiger partial charge is 0.491 e. The molecular weight excluding hydrogens is 322 g/mol. The molecule has 0 heterocycles. The summed E-state index contributed by atoms with van der Waals surface area (Å²) in [5.74, 6) is 0.962. The molecule has 2 aromatic carbocycles. The second-order valence-electron chi connectivity index (χ2n) is 7.62. The van der Waals surface area contributed by atoms with Crippen molar-refractivity contribution in [2.45, 2.75) is 57.1 Å². The number of aryl methyl sites for hydroxylation is 2. The third-order valence-electron chi connectivity index (χ3n) is 5.75. The molecule has 0 aliphatic heterocycles. The first-order valence-electron chi connectivity index (χ1n) is 10.0. The maximum absolute atomic E-state index is 10.4. The lowest BCUT2D eigenvalue weighted by atomic mass is 9.88. The number of nitrogens with one attached hydrogen (secondary N) is 1. The van der Waals surface area contributed by atoms with Crippen LogP contribution in [0.4, 0.5) is 0 Å². The molecule has 0 spiro atoms. The van der Waals surface area contributed by atoms with Gasteiger partial charge >= 0.3 is 0 Å². The third-order valence-corrected chi connectivity index (χ3v) is 5.75. The minimum absolute atomic E-state index is 0.345. The van der Waals surface area contributed by atoms with Gasteiger partial charge in [0.2, 0.25) is 0 Å². The highest BCUT2D eigenvalue weighted by Gasteiger charge is 2.20. The molecule has 0 aromatic heterocycles. The highest BCUT2D eigenvalue weighted by molar-refractivity contribution is 5.41. The van der Waals surface area contributed by atoms with Crippen LogP contribution < -0.4 is 10.1 Å². The first-order valence-corrected chi connectivity index (χ1v) is 10.0. The second-order valence-corrected chi connectivity index (χ2v) is 7.62. The van der Waals surface area contributed by atoms with Crippen LogP contribution in [0.2, 0.25) is 0 Å². The molecule has 0 saturated carbocycles. The highest BCUT2D eigenvalue weighted by atomic mass is 16.5. The van der Waals surface area contributed by atoms with Crippen molar-refractivity contribution in [1.29, 1.82) is 0 Å². The van der Waals surface area contributed by atoms with E-state index < -0.39 is 6.10 Å². The summed E-state index contributed by atoms with van der Waals surface area (Å²) in [6.07, 6.45) is 7.76. The Kier molecular flexibility index (Phi) is 5.57. The first kappa shape index (κ1) is 17.6. The standard InChI is InChI=1S/C23H29NO2/c25-19(15-24-22-13-5-9-17-7-1-3-11-20(17)22)16-26-23-14-6-10-18-8-2-4-12-21(18)23/h1,3,6-7,10-11,14,19,22,24-25H,2,4-5,8-9,12-13,15-16H2. The van der Waals surface area contributed by atoms with Gasteiger partial charge in [-0.2, -0.15) is 0 Å². The smallest absolute Gasteiger partial charge is 0.122 e. The summed E-state index contributed by atoms with van der Waals surface area (Å²) in [6.45, 7) is 0.909. The summed E-state index contributed by atoms with van der Waals surface area (Å²) in [5.41, 5.74) is 5.60. The average molecular weight is 351 g/mol. The van der Waals surface area contributed by atoms with E-state index in [0.29, 0.717) is 19.2 Å². The number of benzene rings is 2. The number of hydrogen-bond donors (Lipinski definition) is 2. The Bertz CT molecular complexity index is 743. The molecule has 2 unspecified atom stereocenters. The monoisotopic (exact) mass is 351 g/mol. The van der Waals surface area contributed by atoms with Gasteiger partial charge in [-0.25, -0.2) is 0 Å². The average Bonchev–Trinajstić information content (AvgIpc) is 2.70. The van der Waals surface area contributed by atoms with Crippen molar-refractivity contribution in [3.05, 3.63) is 64.7 Å². The molecule has 2 aliphatic carbocycles. The first-order chi connectivity index (χ1) is 12.8. The van der Waals surface area contributed by atoms with Crippen molar-refractivity contribution in [1.82, 2.24) is 5.32 Å². The SMILES string of the molecule is OC(CNC1CCCc2ccccc21)COc1cccc2c1CCCC2. The van der Waals surface area contributed by atoms with Crippen LogP contribution in [0.15, 0.2) is 42.5 Å². The molecule has 2 atom stereocenters. The molecule has 2 N–H and O–H groups in total. The Hall–Kier alpha value is -1.84. The van der Waals surface area contributed by atoms with E-state index in [-0.39, 0.29) is 0 Å². The molecule has 4 rings (SSSR count). The van der Waals surface area contributed by atoms with Crippen molar-refractivity contribution in [3.63, 3.8) is 0 Å². The van der Waals surface area contributed by atoms with Crippen LogP contribution in [0.1, 0.15) is 54.0 Å². The van der Waals surface area contributed by atoms with Gasteiger partial charge in [-0.15, -0.1) is 0 Å². The fraction of sp³-hybridized carbons (Fsp3) is 0.478. The molecule has 2 aromatic rings. The zero-order chi connectivity index (χ0) is 17.8. The third kappa shape index (κ3) is 3.94. The van der Waals surface area contributed by atoms with E-state index >= 15 is 0 Å². The van der Waals surface area contributed by atoms with E-state index in [1.165, 1.54) is 47.9 Å². The van der Waals surface area contributed by atoms with Crippen LogP contribution in [-0.4, -0.2) is 24.4 Å². The lowest BCUT2D eigenvalue weighted by molar-refractivity contribution is 0.102. The molecule has 0 fully saturated rings. The van der Waals surface area contributed by atoms with E-state index in [9.17, 15) is 5.11 Å². The van der Waals surface area contributed by atoms with Gasteiger partial charge in [0.05, 0.1) is 0 Å². The zero-order valence-corrected chi connectivity index (χ0v) is 15.4. The zero-order valence-electron chi connectivity index (χ0n) is 15.4. The van der Waals surface area contributed by atoms with Gasteiger partial charge in [0, 0.05) is 12.6 Å². The van der Waals surface area contributed by atoms with E-state index in [0.717, 1.165) is 25.0 Å². The number of aliphatic hydroxyl groups is 1. The van der Waals surface area contributed by atoms with E-state index in [4.69, 9.17) is 4.74 Å². The maximum Gasteiger partial charge on any atom is 0.122 e. The lowest BCUT2D eigenvalue weighted by Gasteiger charge is -2.27. The van der Waals surface area contributed by atoms with Crippen LogP contribution in [0.25, 0.3) is 0 Å². The van der Waals surface area contributed by atoms with Crippen LogP contribution >= 0.6 is 0 Å². The molecule has 0 radical (unpaired) electrons. The summed E-state index contributed by atoms with van der Waals surface area (Å²) >= 11 is 0. The second kappa shape index (κ2) is 8.24. The van der Waals surface area contributed by atoms with Gasteiger partial charge in [0.25, 0.3) is 0 Å².